The fourth-order valence-electron chi connectivity index (χ4n) is 2.00. The Hall–Kier alpha value is -2.37. The van der Waals surface area contributed by atoms with E-state index in [0.717, 1.165) is 6.42 Å². The van der Waals surface area contributed by atoms with E-state index >= 15 is 0 Å². The maximum Gasteiger partial charge on any atom is 0.325 e. The Labute approximate surface area is 122 Å². The van der Waals surface area contributed by atoms with Crippen LogP contribution in [0.4, 0.5) is 5.69 Å². The van der Waals surface area contributed by atoms with Crippen molar-refractivity contribution in [2.45, 2.75) is 26.3 Å². The Kier molecular flexibility index (Phi) is 4.26. The first-order valence-electron chi connectivity index (χ1n) is 6.83. The second-order valence-corrected chi connectivity index (χ2v) is 5.42. The molecule has 6 heteroatoms. The van der Waals surface area contributed by atoms with E-state index in [1.54, 1.807) is 18.2 Å². The summed E-state index contributed by atoms with van der Waals surface area (Å²) >= 11 is 0. The molecule has 3 N–H and O–H groups in total. The van der Waals surface area contributed by atoms with Crippen LogP contribution in [0.1, 0.15) is 30.6 Å². The molecule has 1 fully saturated rings. The van der Waals surface area contributed by atoms with Crippen LogP contribution in [0.5, 0.6) is 0 Å². The van der Waals surface area contributed by atoms with Gasteiger partial charge in [0.1, 0.15) is 6.04 Å². The van der Waals surface area contributed by atoms with Crippen molar-refractivity contribution in [3.8, 4) is 0 Å². The number of nitrogens with one attached hydrogen (secondary N) is 2. The Balaban J connectivity index is 2.01. The quantitative estimate of drug-likeness (QED) is 0.765. The van der Waals surface area contributed by atoms with E-state index < -0.39 is 17.9 Å². The van der Waals surface area contributed by atoms with Crippen molar-refractivity contribution < 1.29 is 19.5 Å². The fourth-order valence-corrected chi connectivity index (χ4v) is 2.00. The van der Waals surface area contributed by atoms with Crippen LogP contribution in [-0.2, 0) is 9.59 Å². The summed E-state index contributed by atoms with van der Waals surface area (Å²) in [5.74, 6) is -1.17. The lowest BCUT2D eigenvalue weighted by Crippen LogP contribution is -2.38. The maximum atomic E-state index is 11.9. The van der Waals surface area contributed by atoms with Gasteiger partial charge in [-0.3, -0.25) is 14.4 Å². The highest BCUT2D eigenvalue weighted by Crippen LogP contribution is 2.38. The smallest absolute Gasteiger partial charge is 0.325 e. The molecule has 1 aromatic rings. The molecule has 0 aromatic heterocycles. The molecule has 21 heavy (non-hydrogen) atoms. The molecule has 1 aliphatic carbocycles. The Morgan fingerprint density at radius 2 is 2.00 bits per heavy atom. The Morgan fingerprint density at radius 3 is 2.57 bits per heavy atom. The number of anilines is 1. The van der Waals surface area contributed by atoms with E-state index in [1.807, 2.05) is 6.92 Å². The Bertz CT molecular complexity index is 585. The molecule has 112 valence electrons. The molecule has 2 amide bonds. The fraction of sp³-hybridized carbons (Fsp3) is 0.400. The number of carbonyl (C=O) groups excluding carboxylic acids is 2. The largest absolute Gasteiger partial charge is 0.480 e. The van der Waals surface area contributed by atoms with Crippen LogP contribution in [0.15, 0.2) is 24.3 Å². The van der Waals surface area contributed by atoms with E-state index in [0.29, 0.717) is 17.2 Å². The van der Waals surface area contributed by atoms with Gasteiger partial charge in [-0.15, -0.1) is 0 Å². The number of amides is 2. The average Bonchev–Trinajstić information content (AvgIpc) is 3.16. The van der Waals surface area contributed by atoms with Crippen LogP contribution < -0.4 is 10.6 Å². The van der Waals surface area contributed by atoms with Crippen molar-refractivity contribution in [3.05, 3.63) is 29.8 Å². The summed E-state index contributed by atoms with van der Waals surface area (Å²) < 4.78 is 0. The van der Waals surface area contributed by atoms with Gasteiger partial charge in [-0.25, -0.2) is 0 Å². The minimum Gasteiger partial charge on any atom is -0.480 e. The van der Waals surface area contributed by atoms with Gasteiger partial charge in [0.15, 0.2) is 0 Å². The van der Waals surface area contributed by atoms with Gasteiger partial charge in [-0.05, 0) is 37.5 Å². The van der Waals surface area contributed by atoms with Crippen molar-refractivity contribution in [1.29, 1.82) is 0 Å². The Morgan fingerprint density at radius 1 is 1.33 bits per heavy atom. The molecule has 1 aromatic carbocycles. The van der Waals surface area contributed by atoms with Gasteiger partial charge in [0, 0.05) is 17.2 Å². The van der Waals surface area contributed by atoms with E-state index in [4.69, 9.17) is 5.11 Å². The standard InChI is InChI=1S/C15H18N2O4/c1-8-6-12(8)14(19)17-11-5-3-4-10(7-11)13(18)16-9(2)15(20)21/h3-5,7-9,12H,6H2,1-2H3,(H,16,18)(H,17,19)(H,20,21). The molecule has 0 heterocycles. The lowest BCUT2D eigenvalue weighted by molar-refractivity contribution is -0.138. The van der Waals surface area contributed by atoms with Crippen molar-refractivity contribution in [2.75, 3.05) is 5.32 Å². The molecule has 0 spiro atoms. The zero-order chi connectivity index (χ0) is 15.6. The van der Waals surface area contributed by atoms with Crippen LogP contribution in [0.3, 0.4) is 0 Å². The van der Waals surface area contributed by atoms with Crippen LogP contribution in [-0.4, -0.2) is 28.9 Å². The molecule has 6 nitrogen and oxygen atoms in total. The van der Waals surface area contributed by atoms with Crippen LogP contribution in [0.2, 0.25) is 0 Å². The SMILES string of the molecule is CC(NC(=O)c1cccc(NC(=O)C2CC2C)c1)C(=O)O. The molecule has 3 unspecified atom stereocenters. The molecule has 1 saturated carbocycles. The van der Waals surface area contributed by atoms with Crippen molar-refractivity contribution in [3.63, 3.8) is 0 Å². The highest BCUT2D eigenvalue weighted by Gasteiger charge is 2.39. The van der Waals surface area contributed by atoms with Gasteiger partial charge >= 0.3 is 5.97 Å². The van der Waals surface area contributed by atoms with Gasteiger partial charge in [0.25, 0.3) is 5.91 Å². The maximum absolute atomic E-state index is 11.9. The molecule has 0 aliphatic heterocycles. The molecule has 0 saturated heterocycles. The first kappa shape index (κ1) is 15.0. The number of hydrogen-bond donors (Lipinski definition) is 3. The molecule has 2 rings (SSSR count). The highest BCUT2D eigenvalue weighted by molar-refractivity contribution is 5.99. The zero-order valence-corrected chi connectivity index (χ0v) is 11.9. The van der Waals surface area contributed by atoms with E-state index in [1.165, 1.54) is 13.0 Å². The third kappa shape index (κ3) is 3.81. The van der Waals surface area contributed by atoms with Crippen LogP contribution in [0.25, 0.3) is 0 Å². The topological polar surface area (TPSA) is 95.5 Å². The van der Waals surface area contributed by atoms with Crippen LogP contribution in [0, 0.1) is 11.8 Å². The highest BCUT2D eigenvalue weighted by atomic mass is 16.4. The number of aliphatic carboxylic acids is 1. The normalized spacial score (nSPS) is 21.2. The van der Waals surface area contributed by atoms with E-state index in [9.17, 15) is 14.4 Å². The summed E-state index contributed by atoms with van der Waals surface area (Å²) in [4.78, 5) is 34.5. The molecular weight excluding hydrogens is 272 g/mol. The van der Waals surface area contributed by atoms with Gasteiger partial charge in [0.2, 0.25) is 5.91 Å². The number of hydrogen-bond acceptors (Lipinski definition) is 3. The first-order chi connectivity index (χ1) is 9.88. The third-order valence-corrected chi connectivity index (χ3v) is 3.56. The van der Waals surface area contributed by atoms with E-state index in [-0.39, 0.29) is 11.8 Å². The minimum absolute atomic E-state index is 0.0426. The van der Waals surface area contributed by atoms with Crippen molar-refractivity contribution in [2.24, 2.45) is 11.8 Å². The molecule has 0 radical (unpaired) electrons. The lowest BCUT2D eigenvalue weighted by atomic mass is 10.1. The molecular formula is C15H18N2O4. The second-order valence-electron chi connectivity index (χ2n) is 5.42. The summed E-state index contributed by atoms with van der Waals surface area (Å²) in [6.45, 7) is 3.40. The molecule has 3 atom stereocenters. The second kappa shape index (κ2) is 5.95. The number of carbonyl (C=O) groups is 3. The lowest BCUT2D eigenvalue weighted by Gasteiger charge is -2.10. The van der Waals surface area contributed by atoms with Crippen molar-refractivity contribution >= 4 is 23.5 Å². The zero-order valence-electron chi connectivity index (χ0n) is 11.9. The number of benzene rings is 1. The van der Waals surface area contributed by atoms with Gasteiger partial charge in [-0.2, -0.15) is 0 Å². The number of carboxylic acid groups (broad SMARTS) is 1. The summed E-state index contributed by atoms with van der Waals surface area (Å²) in [6, 6.07) is 5.48. The summed E-state index contributed by atoms with van der Waals surface area (Å²) in [5.41, 5.74) is 0.847. The summed E-state index contributed by atoms with van der Waals surface area (Å²) in [5, 5.41) is 13.9. The van der Waals surface area contributed by atoms with Gasteiger partial charge < -0.3 is 15.7 Å². The first-order valence-corrected chi connectivity index (χ1v) is 6.83. The van der Waals surface area contributed by atoms with Gasteiger partial charge in [-0.1, -0.05) is 13.0 Å². The number of rotatable bonds is 5. The van der Waals surface area contributed by atoms with Gasteiger partial charge in [0.05, 0.1) is 0 Å². The molecule has 1 aliphatic rings. The van der Waals surface area contributed by atoms with Crippen molar-refractivity contribution in [1.82, 2.24) is 5.32 Å². The predicted molar refractivity (Wildman–Crippen MR) is 76.9 cm³/mol. The predicted octanol–water partition coefficient (Wildman–Crippen LogP) is 1.48. The summed E-state index contributed by atoms with van der Waals surface area (Å²) in [7, 11) is 0. The van der Waals surface area contributed by atoms with E-state index in [2.05, 4.69) is 10.6 Å². The monoisotopic (exact) mass is 290 g/mol. The average molecular weight is 290 g/mol. The minimum atomic E-state index is -1.10. The number of carboxylic acids is 1. The summed E-state index contributed by atoms with van der Waals surface area (Å²) in [6.07, 6.45) is 0.891. The molecule has 0 bridgehead atoms. The van der Waals surface area contributed by atoms with Crippen LogP contribution >= 0.6 is 0 Å². The third-order valence-electron chi connectivity index (χ3n) is 3.56.